The Morgan fingerprint density at radius 1 is 1.53 bits per heavy atom. The van der Waals surface area contributed by atoms with Crippen LogP contribution in [0.4, 0.5) is 0 Å². The quantitative estimate of drug-likeness (QED) is 0.897. The fraction of sp³-hybridized carbons (Fsp3) is 0.273. The maximum absolute atomic E-state index is 5.42. The van der Waals surface area contributed by atoms with Crippen LogP contribution in [0.5, 0.6) is 11.5 Å². The lowest BCUT2D eigenvalue weighted by atomic mass is 10.1. The highest BCUT2D eigenvalue weighted by atomic mass is 79.9. The van der Waals surface area contributed by atoms with E-state index in [-0.39, 0.29) is 0 Å². The molecule has 0 radical (unpaired) electrons. The Kier molecular flexibility index (Phi) is 2.98. The lowest BCUT2D eigenvalue weighted by Crippen LogP contribution is -1.93. The highest BCUT2D eigenvalue weighted by Crippen LogP contribution is 2.41. The number of hydrogen-bond donors (Lipinski definition) is 1. The molecule has 2 rings (SSSR count). The van der Waals surface area contributed by atoms with Crippen LogP contribution >= 0.6 is 15.9 Å². The predicted octanol–water partition coefficient (Wildman–Crippen LogP) is 2.46. The number of benzene rings is 1. The summed E-state index contributed by atoms with van der Waals surface area (Å²) in [6.07, 6.45) is 3.88. The molecule has 0 bridgehead atoms. The summed E-state index contributed by atoms with van der Waals surface area (Å²) < 4.78 is 11.7. The largest absolute Gasteiger partial charge is 0.454 e. The van der Waals surface area contributed by atoms with E-state index in [0.717, 1.165) is 27.1 Å². The molecule has 0 unspecified atom stereocenters. The van der Waals surface area contributed by atoms with Crippen molar-refractivity contribution in [2.24, 2.45) is 5.73 Å². The summed E-state index contributed by atoms with van der Waals surface area (Å²) in [5, 5.41) is 0. The highest BCUT2D eigenvalue weighted by Gasteiger charge is 2.19. The molecule has 2 N–H and O–H groups in total. The van der Waals surface area contributed by atoms with Crippen molar-refractivity contribution in [2.75, 3.05) is 13.3 Å². The van der Waals surface area contributed by atoms with Crippen molar-refractivity contribution in [2.45, 2.75) is 6.92 Å². The van der Waals surface area contributed by atoms with Gasteiger partial charge < -0.3 is 15.2 Å². The molecule has 3 nitrogen and oxygen atoms in total. The van der Waals surface area contributed by atoms with Crippen molar-refractivity contribution >= 4 is 22.0 Å². The van der Waals surface area contributed by atoms with Crippen LogP contribution in [0.1, 0.15) is 11.1 Å². The molecule has 1 aromatic rings. The van der Waals surface area contributed by atoms with E-state index in [4.69, 9.17) is 15.2 Å². The summed E-state index contributed by atoms with van der Waals surface area (Å²) >= 11 is 3.54. The number of fused-ring (bicyclic) bond motifs is 1. The second-order valence-electron chi connectivity index (χ2n) is 3.28. The van der Waals surface area contributed by atoms with E-state index in [1.807, 2.05) is 25.1 Å². The normalized spacial score (nSPS) is 13.8. The minimum absolute atomic E-state index is 0.298. The van der Waals surface area contributed by atoms with Crippen LogP contribution < -0.4 is 15.2 Å². The lowest BCUT2D eigenvalue weighted by molar-refractivity contribution is 0.173. The summed E-state index contributed by atoms with van der Waals surface area (Å²) in [6, 6.07) is 1.95. The van der Waals surface area contributed by atoms with Crippen molar-refractivity contribution in [3.05, 3.63) is 27.7 Å². The Balaban J connectivity index is 2.49. The first kappa shape index (κ1) is 10.5. The van der Waals surface area contributed by atoms with E-state index in [9.17, 15) is 0 Å². The van der Waals surface area contributed by atoms with Gasteiger partial charge in [-0.05, 0) is 34.5 Å². The smallest absolute Gasteiger partial charge is 0.231 e. The number of hydrogen-bond acceptors (Lipinski definition) is 3. The van der Waals surface area contributed by atoms with Crippen molar-refractivity contribution in [3.8, 4) is 11.5 Å². The molecule has 15 heavy (non-hydrogen) atoms. The third kappa shape index (κ3) is 1.87. The molecular formula is C11H12BrNO2. The van der Waals surface area contributed by atoms with Gasteiger partial charge in [0.25, 0.3) is 0 Å². The van der Waals surface area contributed by atoms with Gasteiger partial charge >= 0.3 is 0 Å². The summed E-state index contributed by atoms with van der Waals surface area (Å²) in [6.45, 7) is 2.82. The van der Waals surface area contributed by atoms with Crippen LogP contribution in [0.3, 0.4) is 0 Å². The van der Waals surface area contributed by atoms with Crippen molar-refractivity contribution in [3.63, 3.8) is 0 Å². The zero-order chi connectivity index (χ0) is 10.8. The van der Waals surface area contributed by atoms with Crippen LogP contribution in [-0.2, 0) is 0 Å². The van der Waals surface area contributed by atoms with Crippen LogP contribution in [0.15, 0.2) is 16.6 Å². The lowest BCUT2D eigenvalue weighted by Gasteiger charge is -2.06. The minimum atomic E-state index is 0.298. The van der Waals surface area contributed by atoms with Crippen molar-refractivity contribution in [1.29, 1.82) is 0 Å². The third-order valence-corrected chi connectivity index (χ3v) is 3.34. The summed E-state index contributed by atoms with van der Waals surface area (Å²) in [5.41, 5.74) is 7.53. The molecule has 0 saturated carbocycles. The molecule has 80 valence electrons. The van der Waals surface area contributed by atoms with Gasteiger partial charge in [-0.1, -0.05) is 12.2 Å². The van der Waals surface area contributed by atoms with E-state index in [0.29, 0.717) is 13.3 Å². The molecule has 1 heterocycles. The molecule has 1 aliphatic rings. The number of ether oxygens (including phenoxy) is 2. The number of halogens is 1. The molecule has 0 saturated heterocycles. The highest BCUT2D eigenvalue weighted by molar-refractivity contribution is 9.10. The van der Waals surface area contributed by atoms with Gasteiger partial charge in [0.05, 0.1) is 0 Å². The van der Waals surface area contributed by atoms with Gasteiger partial charge in [0.2, 0.25) is 6.79 Å². The molecule has 0 aliphatic carbocycles. The van der Waals surface area contributed by atoms with Gasteiger partial charge in [-0.2, -0.15) is 0 Å². The van der Waals surface area contributed by atoms with Gasteiger partial charge in [-0.15, -0.1) is 0 Å². The van der Waals surface area contributed by atoms with Crippen molar-refractivity contribution in [1.82, 2.24) is 0 Å². The maximum Gasteiger partial charge on any atom is 0.231 e. The van der Waals surface area contributed by atoms with Gasteiger partial charge in [0.1, 0.15) is 0 Å². The van der Waals surface area contributed by atoms with E-state index in [1.165, 1.54) is 0 Å². The Hall–Kier alpha value is -1.00. The average molecular weight is 270 g/mol. The first-order valence-corrected chi connectivity index (χ1v) is 5.48. The Bertz CT molecular complexity index is 416. The molecule has 0 atom stereocenters. The van der Waals surface area contributed by atoms with Crippen LogP contribution in [0.25, 0.3) is 6.08 Å². The molecule has 1 aliphatic heterocycles. The van der Waals surface area contributed by atoms with E-state index in [2.05, 4.69) is 15.9 Å². The van der Waals surface area contributed by atoms with E-state index >= 15 is 0 Å². The monoisotopic (exact) mass is 269 g/mol. The summed E-state index contributed by atoms with van der Waals surface area (Å²) in [4.78, 5) is 0. The van der Waals surface area contributed by atoms with Gasteiger partial charge in [-0.3, -0.25) is 0 Å². The topological polar surface area (TPSA) is 44.5 Å². The molecule has 0 aromatic heterocycles. The molecular weight excluding hydrogens is 258 g/mol. The fourth-order valence-electron chi connectivity index (χ4n) is 1.53. The maximum atomic E-state index is 5.42. The number of nitrogens with two attached hydrogens (primary N) is 1. The fourth-order valence-corrected chi connectivity index (χ4v) is 1.95. The Morgan fingerprint density at radius 2 is 2.33 bits per heavy atom. The van der Waals surface area contributed by atoms with E-state index < -0.39 is 0 Å². The summed E-state index contributed by atoms with van der Waals surface area (Å²) in [7, 11) is 0. The minimum Gasteiger partial charge on any atom is -0.454 e. The van der Waals surface area contributed by atoms with E-state index in [1.54, 1.807) is 0 Å². The molecule has 0 amide bonds. The predicted molar refractivity (Wildman–Crippen MR) is 63.1 cm³/mol. The molecule has 4 heteroatoms. The second kappa shape index (κ2) is 4.24. The number of rotatable bonds is 2. The van der Waals surface area contributed by atoms with Crippen LogP contribution in [0, 0.1) is 6.92 Å². The Morgan fingerprint density at radius 3 is 3.07 bits per heavy atom. The van der Waals surface area contributed by atoms with Crippen LogP contribution in [-0.4, -0.2) is 13.3 Å². The van der Waals surface area contributed by atoms with Crippen molar-refractivity contribution < 1.29 is 9.47 Å². The molecule has 1 aromatic carbocycles. The Labute approximate surface area is 97.0 Å². The van der Waals surface area contributed by atoms with Gasteiger partial charge in [-0.25, -0.2) is 0 Å². The van der Waals surface area contributed by atoms with Gasteiger partial charge in [0.15, 0.2) is 11.5 Å². The third-order valence-electron chi connectivity index (χ3n) is 2.28. The standard InChI is InChI=1S/C11H12BrNO2/c1-7-10(12)8(3-2-4-13)5-9-11(7)15-6-14-9/h2-3,5H,4,6,13H2,1H3/b3-2+. The first-order chi connectivity index (χ1) is 7.24. The summed E-state index contributed by atoms with van der Waals surface area (Å²) in [5.74, 6) is 1.62. The SMILES string of the molecule is Cc1c(Br)c(/C=C/CN)cc2c1OCO2. The van der Waals surface area contributed by atoms with Gasteiger partial charge in [0, 0.05) is 16.6 Å². The molecule has 0 spiro atoms. The first-order valence-electron chi connectivity index (χ1n) is 4.69. The zero-order valence-corrected chi connectivity index (χ0v) is 10.0. The average Bonchev–Trinajstić information content (AvgIpc) is 2.69. The zero-order valence-electron chi connectivity index (χ0n) is 8.42. The molecule has 0 fully saturated rings. The van der Waals surface area contributed by atoms with Crippen LogP contribution in [0.2, 0.25) is 0 Å². The second-order valence-corrected chi connectivity index (χ2v) is 4.07.